The van der Waals surface area contributed by atoms with Crippen LogP contribution in [0, 0.1) is 0 Å². The van der Waals surface area contributed by atoms with Crippen LogP contribution in [0.4, 0.5) is 13.2 Å². The van der Waals surface area contributed by atoms with Crippen LogP contribution in [-0.4, -0.2) is 37.8 Å². The summed E-state index contributed by atoms with van der Waals surface area (Å²) in [5.74, 6) is 0.395. The van der Waals surface area contributed by atoms with Gasteiger partial charge in [-0.2, -0.15) is 13.2 Å². The van der Waals surface area contributed by atoms with E-state index in [2.05, 4.69) is 12.2 Å². The van der Waals surface area contributed by atoms with E-state index in [1.165, 1.54) is 10.5 Å². The topological polar surface area (TPSA) is 15.3 Å². The van der Waals surface area contributed by atoms with Crippen molar-refractivity contribution in [3.63, 3.8) is 0 Å². The minimum absolute atomic E-state index is 0.330. The lowest BCUT2D eigenvalue weighted by Crippen LogP contribution is -2.33. The second-order valence-corrected chi connectivity index (χ2v) is 5.12. The molecule has 1 rings (SSSR count). The van der Waals surface area contributed by atoms with Crippen molar-refractivity contribution in [2.24, 2.45) is 0 Å². The number of hydrogen-bond acceptors (Lipinski definition) is 2. The Morgan fingerprint density at radius 3 is 2.25 bits per heavy atom. The van der Waals surface area contributed by atoms with Crippen molar-refractivity contribution in [1.82, 2.24) is 10.2 Å². The standard InChI is InChI=1S/C15H23F3N2/c1-4-20(11-15(16,17)18)10-13-5-7-14(8-6-13)12(2)9-19-3/h5-8,12,19H,4,9-11H2,1-3H3. The molecule has 1 atom stereocenters. The van der Waals surface area contributed by atoms with Crippen LogP contribution in [0.25, 0.3) is 0 Å². The van der Waals surface area contributed by atoms with Crippen molar-refractivity contribution < 1.29 is 13.2 Å². The molecule has 114 valence electrons. The van der Waals surface area contributed by atoms with Gasteiger partial charge in [0.25, 0.3) is 0 Å². The number of nitrogens with one attached hydrogen (secondary N) is 1. The quantitative estimate of drug-likeness (QED) is 0.827. The molecule has 0 spiro atoms. The van der Waals surface area contributed by atoms with Crippen LogP contribution in [0.3, 0.4) is 0 Å². The lowest BCUT2D eigenvalue weighted by molar-refractivity contribution is -0.146. The van der Waals surface area contributed by atoms with Crippen molar-refractivity contribution in [1.29, 1.82) is 0 Å². The first kappa shape index (κ1) is 17.0. The molecule has 0 fully saturated rings. The molecule has 0 bridgehead atoms. The first-order valence-corrected chi connectivity index (χ1v) is 6.88. The van der Waals surface area contributed by atoms with Crippen LogP contribution in [-0.2, 0) is 6.54 Å². The summed E-state index contributed by atoms with van der Waals surface area (Å²) in [4.78, 5) is 1.39. The Labute approximate surface area is 119 Å². The number of halogens is 3. The maximum absolute atomic E-state index is 12.4. The predicted octanol–water partition coefficient (Wildman–Crippen LogP) is 3.39. The van der Waals surface area contributed by atoms with Gasteiger partial charge in [-0.15, -0.1) is 0 Å². The average molecular weight is 288 g/mol. The zero-order valence-electron chi connectivity index (χ0n) is 12.3. The van der Waals surface area contributed by atoms with Crippen LogP contribution in [0.15, 0.2) is 24.3 Å². The Hall–Kier alpha value is -1.07. The molecule has 1 unspecified atom stereocenters. The highest BCUT2D eigenvalue weighted by Crippen LogP contribution is 2.19. The zero-order valence-corrected chi connectivity index (χ0v) is 12.3. The van der Waals surface area contributed by atoms with E-state index in [4.69, 9.17) is 0 Å². The molecule has 0 saturated carbocycles. The summed E-state index contributed by atoms with van der Waals surface area (Å²) in [5.41, 5.74) is 2.11. The van der Waals surface area contributed by atoms with E-state index in [1.54, 1.807) is 6.92 Å². The van der Waals surface area contributed by atoms with E-state index in [9.17, 15) is 13.2 Å². The van der Waals surface area contributed by atoms with Gasteiger partial charge in [0.05, 0.1) is 6.54 Å². The fourth-order valence-corrected chi connectivity index (χ4v) is 2.17. The van der Waals surface area contributed by atoms with Gasteiger partial charge in [-0.3, -0.25) is 4.90 Å². The van der Waals surface area contributed by atoms with Crippen molar-refractivity contribution in [2.75, 3.05) is 26.7 Å². The van der Waals surface area contributed by atoms with Crippen molar-refractivity contribution >= 4 is 0 Å². The zero-order chi connectivity index (χ0) is 15.2. The largest absolute Gasteiger partial charge is 0.401 e. The summed E-state index contributed by atoms with van der Waals surface area (Å²) in [6.07, 6.45) is -4.14. The number of likely N-dealkylation sites (N-methyl/N-ethyl adjacent to an activating group) is 1. The molecule has 0 aliphatic rings. The summed E-state index contributed by atoms with van der Waals surface area (Å²) < 4.78 is 37.2. The molecule has 0 aromatic heterocycles. The second kappa shape index (κ2) is 7.64. The molecule has 2 nitrogen and oxygen atoms in total. The lowest BCUT2D eigenvalue weighted by Gasteiger charge is -2.22. The molecular formula is C15H23F3N2. The van der Waals surface area contributed by atoms with E-state index in [0.717, 1.165) is 12.1 Å². The Bertz CT molecular complexity index is 387. The predicted molar refractivity (Wildman–Crippen MR) is 75.8 cm³/mol. The van der Waals surface area contributed by atoms with Crippen molar-refractivity contribution in [3.05, 3.63) is 35.4 Å². The maximum Gasteiger partial charge on any atom is 0.401 e. The van der Waals surface area contributed by atoms with E-state index in [-0.39, 0.29) is 0 Å². The Morgan fingerprint density at radius 2 is 1.80 bits per heavy atom. The molecule has 20 heavy (non-hydrogen) atoms. The SMILES string of the molecule is CCN(Cc1ccc(C(C)CNC)cc1)CC(F)(F)F. The van der Waals surface area contributed by atoms with Crippen LogP contribution in [0.2, 0.25) is 0 Å². The fraction of sp³-hybridized carbons (Fsp3) is 0.600. The van der Waals surface area contributed by atoms with Gasteiger partial charge in [-0.1, -0.05) is 38.1 Å². The molecule has 0 aliphatic carbocycles. The van der Waals surface area contributed by atoms with Gasteiger partial charge < -0.3 is 5.32 Å². The summed E-state index contributed by atoms with van der Waals surface area (Å²) in [5, 5.41) is 3.11. The van der Waals surface area contributed by atoms with Crippen molar-refractivity contribution in [3.8, 4) is 0 Å². The second-order valence-electron chi connectivity index (χ2n) is 5.12. The van der Waals surface area contributed by atoms with Gasteiger partial charge in [0.1, 0.15) is 0 Å². The third-order valence-electron chi connectivity index (χ3n) is 3.32. The van der Waals surface area contributed by atoms with Crippen LogP contribution < -0.4 is 5.32 Å². The molecule has 5 heteroatoms. The van der Waals surface area contributed by atoms with E-state index in [0.29, 0.717) is 19.0 Å². The lowest BCUT2D eigenvalue weighted by atomic mass is 10.00. The molecule has 0 amide bonds. The highest BCUT2D eigenvalue weighted by Gasteiger charge is 2.29. The first-order valence-electron chi connectivity index (χ1n) is 6.88. The molecule has 0 saturated heterocycles. The molecule has 1 N–H and O–H groups in total. The Balaban J connectivity index is 2.64. The maximum atomic E-state index is 12.4. The summed E-state index contributed by atoms with van der Waals surface area (Å²) in [6.45, 7) is 4.60. The van der Waals surface area contributed by atoms with Crippen molar-refractivity contribution in [2.45, 2.75) is 32.5 Å². The van der Waals surface area contributed by atoms with Gasteiger partial charge in [-0.05, 0) is 30.6 Å². The Kier molecular flexibility index (Phi) is 6.49. The van der Waals surface area contributed by atoms with E-state index in [1.807, 2.05) is 31.3 Å². The van der Waals surface area contributed by atoms with Gasteiger partial charge >= 0.3 is 6.18 Å². The summed E-state index contributed by atoms with van der Waals surface area (Å²) in [7, 11) is 1.90. The third-order valence-corrected chi connectivity index (χ3v) is 3.32. The van der Waals surface area contributed by atoms with Crippen LogP contribution >= 0.6 is 0 Å². The monoisotopic (exact) mass is 288 g/mol. The van der Waals surface area contributed by atoms with E-state index >= 15 is 0 Å². The highest BCUT2D eigenvalue weighted by atomic mass is 19.4. The number of benzene rings is 1. The highest BCUT2D eigenvalue weighted by molar-refractivity contribution is 5.25. The van der Waals surface area contributed by atoms with E-state index < -0.39 is 12.7 Å². The number of alkyl halides is 3. The fourth-order valence-electron chi connectivity index (χ4n) is 2.17. The van der Waals surface area contributed by atoms with Gasteiger partial charge in [0, 0.05) is 13.1 Å². The summed E-state index contributed by atoms with van der Waals surface area (Å²) >= 11 is 0. The van der Waals surface area contributed by atoms with Crippen LogP contribution in [0.1, 0.15) is 30.9 Å². The molecule has 0 heterocycles. The summed E-state index contributed by atoms with van der Waals surface area (Å²) in [6, 6.07) is 7.83. The van der Waals surface area contributed by atoms with Gasteiger partial charge in [-0.25, -0.2) is 0 Å². The number of hydrogen-bond donors (Lipinski definition) is 1. The minimum Gasteiger partial charge on any atom is -0.319 e. The molecule has 0 radical (unpaired) electrons. The first-order chi connectivity index (χ1) is 9.35. The number of rotatable bonds is 7. The molecular weight excluding hydrogens is 265 g/mol. The number of nitrogens with zero attached hydrogens (tertiary/aromatic N) is 1. The molecule has 0 aliphatic heterocycles. The average Bonchev–Trinajstić information content (AvgIpc) is 2.37. The van der Waals surface area contributed by atoms with Gasteiger partial charge in [0.15, 0.2) is 0 Å². The molecule has 1 aromatic rings. The van der Waals surface area contributed by atoms with Gasteiger partial charge in [0.2, 0.25) is 0 Å². The third kappa shape index (κ3) is 5.92. The molecule has 1 aromatic carbocycles. The Morgan fingerprint density at radius 1 is 1.20 bits per heavy atom. The normalized spacial score (nSPS) is 13.8. The van der Waals surface area contributed by atoms with Crippen LogP contribution in [0.5, 0.6) is 0 Å². The minimum atomic E-state index is -4.14. The smallest absolute Gasteiger partial charge is 0.319 e.